The van der Waals surface area contributed by atoms with Crippen LogP contribution in [0.25, 0.3) is 0 Å². The number of carbonyl (C=O) groups is 1. The molecule has 0 unspecified atom stereocenters. The number of nitro benzene ring substituents is 1. The minimum atomic E-state index is -1.16. The van der Waals surface area contributed by atoms with E-state index in [0.29, 0.717) is 11.7 Å². The van der Waals surface area contributed by atoms with Gasteiger partial charge in [0.2, 0.25) is 0 Å². The van der Waals surface area contributed by atoms with Gasteiger partial charge in [-0.05, 0) is 39.1 Å². The number of benzene rings is 1. The highest BCUT2D eigenvalue weighted by molar-refractivity contribution is 5.89. The van der Waals surface area contributed by atoms with E-state index in [9.17, 15) is 14.9 Å². The van der Waals surface area contributed by atoms with Gasteiger partial charge in [-0.3, -0.25) is 10.1 Å². The lowest BCUT2D eigenvalue weighted by Crippen LogP contribution is -2.42. The van der Waals surface area contributed by atoms with E-state index in [0.717, 1.165) is 32.0 Å². The minimum Gasteiger partial charge on any atom is -0.478 e. The van der Waals surface area contributed by atoms with Crippen LogP contribution in [0.4, 0.5) is 11.4 Å². The molecule has 1 saturated heterocycles. The Morgan fingerprint density at radius 1 is 1.38 bits per heavy atom. The molecular weight excluding hydrogens is 274 g/mol. The highest BCUT2D eigenvalue weighted by Crippen LogP contribution is 2.31. The average molecular weight is 293 g/mol. The number of carboxylic acid groups (broad SMARTS) is 1. The molecule has 0 radical (unpaired) electrons. The molecule has 1 fully saturated rings. The lowest BCUT2D eigenvalue weighted by atomic mass is 10.0. The van der Waals surface area contributed by atoms with Crippen molar-refractivity contribution in [3.63, 3.8) is 0 Å². The molecule has 7 nitrogen and oxygen atoms in total. The molecule has 7 heteroatoms. The molecule has 114 valence electrons. The molecule has 0 spiro atoms. The quantitative estimate of drug-likeness (QED) is 0.673. The SMILES string of the molecule is CN(C)C1CCN(c2ccc(C(=O)O)cc2[N+](=O)[O-])CC1. The second-order valence-electron chi connectivity index (χ2n) is 5.45. The Labute approximate surface area is 122 Å². The molecule has 1 heterocycles. The fourth-order valence-electron chi connectivity index (χ4n) is 2.69. The van der Waals surface area contributed by atoms with Crippen molar-refractivity contribution in [1.29, 1.82) is 0 Å². The Bertz CT molecular complexity index is 551. The lowest BCUT2D eigenvalue weighted by Gasteiger charge is -2.36. The zero-order chi connectivity index (χ0) is 15.6. The summed E-state index contributed by atoms with van der Waals surface area (Å²) < 4.78 is 0. The van der Waals surface area contributed by atoms with E-state index in [1.54, 1.807) is 0 Å². The number of anilines is 1. The molecular formula is C14H19N3O4. The molecule has 1 aliphatic rings. The number of hydrogen-bond donors (Lipinski definition) is 1. The predicted octanol–water partition coefficient (Wildman–Crippen LogP) is 1.82. The van der Waals surface area contributed by atoms with E-state index in [2.05, 4.69) is 4.90 Å². The Morgan fingerprint density at radius 3 is 2.48 bits per heavy atom. The summed E-state index contributed by atoms with van der Waals surface area (Å²) in [6, 6.07) is 4.58. The van der Waals surface area contributed by atoms with Gasteiger partial charge in [0.05, 0.1) is 10.5 Å². The summed E-state index contributed by atoms with van der Waals surface area (Å²) in [7, 11) is 4.06. The third-order valence-corrected chi connectivity index (χ3v) is 3.95. The van der Waals surface area contributed by atoms with Crippen LogP contribution in [-0.4, -0.2) is 54.1 Å². The number of piperidine rings is 1. The van der Waals surface area contributed by atoms with Gasteiger partial charge < -0.3 is 14.9 Å². The second kappa shape index (κ2) is 6.09. The molecule has 2 rings (SSSR count). The van der Waals surface area contributed by atoms with E-state index in [-0.39, 0.29) is 11.3 Å². The zero-order valence-corrected chi connectivity index (χ0v) is 12.2. The maximum Gasteiger partial charge on any atom is 0.335 e. The van der Waals surface area contributed by atoms with Crippen molar-refractivity contribution in [3.05, 3.63) is 33.9 Å². The molecule has 21 heavy (non-hydrogen) atoms. The van der Waals surface area contributed by atoms with Crippen LogP contribution in [0, 0.1) is 10.1 Å². The number of rotatable bonds is 4. The van der Waals surface area contributed by atoms with Crippen molar-refractivity contribution in [3.8, 4) is 0 Å². The Kier molecular flexibility index (Phi) is 4.42. The Hall–Kier alpha value is -2.15. The molecule has 0 saturated carbocycles. The molecule has 0 bridgehead atoms. The van der Waals surface area contributed by atoms with Gasteiger partial charge in [0.25, 0.3) is 5.69 Å². The number of aromatic carboxylic acids is 1. The molecule has 0 atom stereocenters. The van der Waals surface area contributed by atoms with Crippen LogP contribution < -0.4 is 4.90 Å². The van der Waals surface area contributed by atoms with Crippen molar-refractivity contribution in [2.75, 3.05) is 32.1 Å². The molecule has 1 aromatic rings. The third-order valence-electron chi connectivity index (χ3n) is 3.95. The summed E-state index contributed by atoms with van der Waals surface area (Å²) in [5.41, 5.74) is 0.300. The number of carboxylic acids is 1. The Morgan fingerprint density at radius 2 is 2.00 bits per heavy atom. The van der Waals surface area contributed by atoms with Crippen LogP contribution in [0.1, 0.15) is 23.2 Å². The predicted molar refractivity (Wildman–Crippen MR) is 79.0 cm³/mol. The second-order valence-corrected chi connectivity index (χ2v) is 5.45. The number of hydrogen-bond acceptors (Lipinski definition) is 5. The fourth-order valence-corrected chi connectivity index (χ4v) is 2.69. The van der Waals surface area contributed by atoms with E-state index in [1.807, 2.05) is 19.0 Å². The van der Waals surface area contributed by atoms with Crippen LogP contribution >= 0.6 is 0 Å². The maximum absolute atomic E-state index is 11.2. The highest BCUT2D eigenvalue weighted by Gasteiger charge is 2.26. The van der Waals surface area contributed by atoms with E-state index < -0.39 is 10.9 Å². The van der Waals surface area contributed by atoms with Crippen molar-refractivity contribution in [2.45, 2.75) is 18.9 Å². The monoisotopic (exact) mass is 293 g/mol. The maximum atomic E-state index is 11.2. The molecule has 0 aromatic heterocycles. The first-order chi connectivity index (χ1) is 9.90. The summed E-state index contributed by atoms with van der Waals surface area (Å²) in [4.78, 5) is 25.7. The summed E-state index contributed by atoms with van der Waals surface area (Å²) in [6.45, 7) is 1.46. The first-order valence-corrected chi connectivity index (χ1v) is 6.83. The first-order valence-electron chi connectivity index (χ1n) is 6.83. The molecule has 0 amide bonds. The molecule has 1 N–H and O–H groups in total. The molecule has 1 aliphatic heterocycles. The van der Waals surface area contributed by atoms with Gasteiger partial charge in [0.1, 0.15) is 5.69 Å². The van der Waals surface area contributed by atoms with E-state index in [4.69, 9.17) is 5.11 Å². The average Bonchev–Trinajstić information content (AvgIpc) is 2.46. The molecule has 0 aliphatic carbocycles. The topological polar surface area (TPSA) is 86.9 Å². The molecule has 1 aromatic carbocycles. The summed E-state index contributed by atoms with van der Waals surface area (Å²) >= 11 is 0. The van der Waals surface area contributed by atoms with Crippen LogP contribution in [0.15, 0.2) is 18.2 Å². The zero-order valence-electron chi connectivity index (χ0n) is 12.2. The van der Waals surface area contributed by atoms with Crippen molar-refractivity contribution >= 4 is 17.3 Å². The lowest BCUT2D eigenvalue weighted by molar-refractivity contribution is -0.384. The van der Waals surface area contributed by atoms with Crippen LogP contribution in [0.5, 0.6) is 0 Å². The van der Waals surface area contributed by atoms with Gasteiger partial charge in [0, 0.05) is 25.2 Å². The van der Waals surface area contributed by atoms with Crippen LogP contribution in [-0.2, 0) is 0 Å². The van der Waals surface area contributed by atoms with Crippen LogP contribution in [0.2, 0.25) is 0 Å². The van der Waals surface area contributed by atoms with Crippen molar-refractivity contribution in [1.82, 2.24) is 4.90 Å². The van der Waals surface area contributed by atoms with Crippen molar-refractivity contribution in [2.24, 2.45) is 0 Å². The largest absolute Gasteiger partial charge is 0.478 e. The van der Waals surface area contributed by atoms with Crippen LogP contribution in [0.3, 0.4) is 0 Å². The first kappa shape index (κ1) is 15.2. The van der Waals surface area contributed by atoms with Gasteiger partial charge in [0.15, 0.2) is 0 Å². The highest BCUT2D eigenvalue weighted by atomic mass is 16.6. The fraction of sp³-hybridized carbons (Fsp3) is 0.500. The minimum absolute atomic E-state index is 0.0615. The number of nitrogens with zero attached hydrogens (tertiary/aromatic N) is 3. The van der Waals surface area contributed by atoms with Gasteiger partial charge in [-0.1, -0.05) is 0 Å². The summed E-state index contributed by atoms with van der Waals surface area (Å²) in [5.74, 6) is -1.16. The standard InChI is InChI=1S/C14H19N3O4/c1-15(2)11-5-7-16(8-6-11)12-4-3-10(14(18)19)9-13(12)17(20)21/h3-4,9,11H,5-8H2,1-2H3,(H,18,19). The van der Waals surface area contributed by atoms with Gasteiger partial charge in [-0.25, -0.2) is 4.79 Å². The van der Waals surface area contributed by atoms with Gasteiger partial charge in [-0.15, -0.1) is 0 Å². The third kappa shape index (κ3) is 3.30. The Balaban J connectivity index is 2.24. The van der Waals surface area contributed by atoms with Gasteiger partial charge in [-0.2, -0.15) is 0 Å². The normalized spacial score (nSPS) is 16.2. The van der Waals surface area contributed by atoms with E-state index in [1.165, 1.54) is 12.1 Å². The van der Waals surface area contributed by atoms with Gasteiger partial charge >= 0.3 is 5.97 Å². The van der Waals surface area contributed by atoms with Crippen molar-refractivity contribution < 1.29 is 14.8 Å². The summed E-state index contributed by atoms with van der Waals surface area (Å²) in [6.07, 6.45) is 1.87. The number of nitro groups is 1. The van der Waals surface area contributed by atoms with E-state index >= 15 is 0 Å². The smallest absolute Gasteiger partial charge is 0.335 e. The summed E-state index contributed by atoms with van der Waals surface area (Å²) in [5, 5.41) is 20.1.